The van der Waals surface area contributed by atoms with Crippen molar-refractivity contribution in [3.8, 4) is 0 Å². The number of nitro benzene ring substituents is 1. The molecule has 0 heterocycles. The first-order valence-corrected chi connectivity index (χ1v) is 7.78. The van der Waals surface area contributed by atoms with Gasteiger partial charge in [0.25, 0.3) is 17.5 Å². The zero-order valence-corrected chi connectivity index (χ0v) is 14.7. The molecule has 0 saturated heterocycles. The molecule has 0 spiro atoms. The van der Waals surface area contributed by atoms with Gasteiger partial charge in [-0.3, -0.25) is 19.7 Å². The van der Waals surface area contributed by atoms with E-state index in [1.165, 1.54) is 39.2 Å². The van der Waals surface area contributed by atoms with Crippen LogP contribution in [0, 0.1) is 10.1 Å². The number of benzene rings is 1. The minimum absolute atomic E-state index is 0.0317. The van der Waals surface area contributed by atoms with Crippen LogP contribution in [0.25, 0.3) is 0 Å². The van der Waals surface area contributed by atoms with Gasteiger partial charge in [-0.25, -0.2) is 4.79 Å². The van der Waals surface area contributed by atoms with Crippen molar-refractivity contribution in [3.05, 3.63) is 39.9 Å². The van der Waals surface area contributed by atoms with Gasteiger partial charge < -0.3 is 20.1 Å². The molecule has 1 aromatic carbocycles. The predicted molar refractivity (Wildman–Crippen MR) is 90.5 cm³/mol. The van der Waals surface area contributed by atoms with E-state index in [9.17, 15) is 24.5 Å². The van der Waals surface area contributed by atoms with Gasteiger partial charge in [-0.05, 0) is 19.9 Å². The summed E-state index contributed by atoms with van der Waals surface area (Å²) >= 11 is 0. The summed E-state index contributed by atoms with van der Waals surface area (Å²) in [7, 11) is 1.49. The molecular weight excluding hydrogens is 346 g/mol. The zero-order chi connectivity index (χ0) is 19.7. The number of nitrogens with zero attached hydrogens (tertiary/aromatic N) is 1. The molecule has 2 atom stereocenters. The van der Waals surface area contributed by atoms with Gasteiger partial charge in [0.2, 0.25) is 0 Å². The van der Waals surface area contributed by atoms with E-state index in [1.54, 1.807) is 0 Å². The van der Waals surface area contributed by atoms with Crippen LogP contribution >= 0.6 is 0 Å². The van der Waals surface area contributed by atoms with Gasteiger partial charge in [-0.1, -0.05) is 6.07 Å². The summed E-state index contributed by atoms with van der Waals surface area (Å²) in [6.07, 6.45) is -1.04. The Morgan fingerprint density at radius 3 is 2.58 bits per heavy atom. The van der Waals surface area contributed by atoms with Crippen LogP contribution in [0.5, 0.6) is 0 Å². The van der Waals surface area contributed by atoms with Crippen molar-refractivity contribution >= 4 is 23.5 Å². The van der Waals surface area contributed by atoms with Crippen molar-refractivity contribution in [2.75, 3.05) is 20.3 Å². The van der Waals surface area contributed by atoms with Gasteiger partial charge in [0, 0.05) is 31.4 Å². The number of hydrogen-bond acceptors (Lipinski definition) is 7. The highest BCUT2D eigenvalue weighted by Gasteiger charge is 2.23. The molecule has 2 N–H and O–H groups in total. The van der Waals surface area contributed by atoms with Crippen molar-refractivity contribution in [3.63, 3.8) is 0 Å². The molecule has 0 aromatic heterocycles. The number of rotatable bonds is 9. The van der Waals surface area contributed by atoms with Crippen molar-refractivity contribution < 1.29 is 28.8 Å². The van der Waals surface area contributed by atoms with E-state index < -0.39 is 34.9 Å². The van der Waals surface area contributed by atoms with E-state index in [4.69, 9.17) is 9.47 Å². The van der Waals surface area contributed by atoms with Crippen LogP contribution < -0.4 is 10.6 Å². The zero-order valence-electron chi connectivity index (χ0n) is 14.7. The first kappa shape index (κ1) is 21.0. The number of amides is 2. The second-order valence-electron chi connectivity index (χ2n) is 5.37. The first-order valence-electron chi connectivity index (χ1n) is 7.78. The monoisotopic (exact) mass is 367 g/mol. The lowest BCUT2D eigenvalue weighted by Gasteiger charge is -2.17. The number of carbonyl (C=O) groups excluding carboxylic acids is 3. The highest BCUT2D eigenvalue weighted by molar-refractivity contribution is 5.97. The standard InChI is InChI=1S/C16H21N3O7/c1-10(16(22)26-11(2)14(20)17-7-8-25-3)18-15(21)12-5-4-6-13(9-12)19(23)24/h4-6,9-11H,7-8H2,1-3H3,(H,17,20)(H,18,21)/t10-,11-/m0/s1. The van der Waals surface area contributed by atoms with Crippen LogP contribution in [-0.4, -0.2) is 55.1 Å². The smallest absolute Gasteiger partial charge is 0.329 e. The summed E-state index contributed by atoms with van der Waals surface area (Å²) in [5, 5.41) is 15.6. The van der Waals surface area contributed by atoms with Crippen LogP contribution in [-0.2, 0) is 19.1 Å². The molecule has 26 heavy (non-hydrogen) atoms. The van der Waals surface area contributed by atoms with Crippen LogP contribution in [0.4, 0.5) is 5.69 Å². The van der Waals surface area contributed by atoms with E-state index in [1.807, 2.05) is 0 Å². The summed E-state index contributed by atoms with van der Waals surface area (Å²) in [4.78, 5) is 45.9. The molecular formula is C16H21N3O7. The molecule has 0 radical (unpaired) electrons. The molecule has 1 rings (SSSR count). The van der Waals surface area contributed by atoms with Crippen LogP contribution in [0.15, 0.2) is 24.3 Å². The number of non-ortho nitro benzene ring substituents is 1. The summed E-state index contributed by atoms with van der Waals surface area (Å²) < 4.78 is 9.78. The maximum Gasteiger partial charge on any atom is 0.329 e. The molecule has 0 aliphatic carbocycles. The van der Waals surface area contributed by atoms with Crippen LogP contribution in [0.1, 0.15) is 24.2 Å². The molecule has 1 aromatic rings. The Morgan fingerprint density at radius 2 is 1.96 bits per heavy atom. The Hall–Kier alpha value is -3.01. The molecule has 0 unspecified atom stereocenters. The Morgan fingerprint density at radius 1 is 1.27 bits per heavy atom. The molecule has 142 valence electrons. The Bertz CT molecular complexity index is 678. The number of nitrogens with one attached hydrogen (secondary N) is 2. The third kappa shape index (κ3) is 6.48. The van der Waals surface area contributed by atoms with Crippen LogP contribution in [0.3, 0.4) is 0 Å². The molecule has 10 nitrogen and oxygen atoms in total. The van der Waals surface area contributed by atoms with Crippen molar-refractivity contribution in [2.24, 2.45) is 0 Å². The fourth-order valence-electron chi connectivity index (χ4n) is 1.85. The Kier molecular flexibility index (Phi) is 8.16. The van der Waals surface area contributed by atoms with Gasteiger partial charge in [-0.15, -0.1) is 0 Å². The molecule has 0 aliphatic rings. The molecule has 0 bridgehead atoms. The van der Waals surface area contributed by atoms with Crippen molar-refractivity contribution in [1.82, 2.24) is 10.6 Å². The van der Waals surface area contributed by atoms with E-state index >= 15 is 0 Å². The lowest BCUT2D eigenvalue weighted by Crippen LogP contribution is -2.44. The topological polar surface area (TPSA) is 137 Å². The van der Waals surface area contributed by atoms with Crippen molar-refractivity contribution in [2.45, 2.75) is 26.0 Å². The molecule has 2 amide bonds. The first-order chi connectivity index (χ1) is 12.3. The highest BCUT2D eigenvalue weighted by Crippen LogP contribution is 2.13. The number of nitro groups is 1. The maximum atomic E-state index is 12.1. The second kappa shape index (κ2) is 10.1. The van der Waals surface area contributed by atoms with Crippen molar-refractivity contribution in [1.29, 1.82) is 0 Å². The Labute approximate surface area is 150 Å². The minimum Gasteiger partial charge on any atom is -0.451 e. The fourth-order valence-corrected chi connectivity index (χ4v) is 1.85. The molecule has 10 heteroatoms. The van der Waals surface area contributed by atoms with E-state index in [0.717, 1.165) is 6.07 Å². The number of hydrogen-bond donors (Lipinski definition) is 2. The summed E-state index contributed by atoms with van der Waals surface area (Å²) in [5.41, 5.74) is -0.210. The van der Waals surface area contributed by atoms with E-state index in [0.29, 0.717) is 6.61 Å². The quantitative estimate of drug-likeness (QED) is 0.279. The number of ether oxygens (including phenoxy) is 2. The molecule has 0 saturated carbocycles. The third-order valence-electron chi connectivity index (χ3n) is 3.29. The fraction of sp³-hybridized carbons (Fsp3) is 0.438. The van der Waals surface area contributed by atoms with E-state index in [-0.39, 0.29) is 17.8 Å². The van der Waals surface area contributed by atoms with E-state index in [2.05, 4.69) is 10.6 Å². The van der Waals surface area contributed by atoms with Gasteiger partial charge >= 0.3 is 5.97 Å². The average Bonchev–Trinajstić information content (AvgIpc) is 2.61. The lowest BCUT2D eigenvalue weighted by molar-refractivity contribution is -0.384. The van der Waals surface area contributed by atoms with Gasteiger partial charge in [0.1, 0.15) is 6.04 Å². The number of methoxy groups -OCH3 is 1. The number of carbonyl (C=O) groups is 3. The minimum atomic E-state index is -1.05. The predicted octanol–water partition coefficient (Wildman–Crippen LogP) is 0.407. The van der Waals surface area contributed by atoms with Gasteiger partial charge in [0.05, 0.1) is 11.5 Å². The highest BCUT2D eigenvalue weighted by atomic mass is 16.6. The number of esters is 1. The largest absolute Gasteiger partial charge is 0.451 e. The van der Waals surface area contributed by atoms with Gasteiger partial charge in [0.15, 0.2) is 6.10 Å². The SMILES string of the molecule is COCCNC(=O)[C@H](C)OC(=O)[C@H](C)NC(=O)c1cccc([N+](=O)[O-])c1. The third-order valence-corrected chi connectivity index (χ3v) is 3.29. The maximum absolute atomic E-state index is 12.1. The normalized spacial score (nSPS) is 12.6. The molecule has 0 fully saturated rings. The lowest BCUT2D eigenvalue weighted by atomic mass is 10.2. The molecule has 0 aliphatic heterocycles. The summed E-state index contributed by atoms with van der Waals surface area (Å²) in [5.74, 6) is -1.97. The summed E-state index contributed by atoms with van der Waals surface area (Å²) in [6.45, 7) is 3.38. The Balaban J connectivity index is 2.58. The van der Waals surface area contributed by atoms with Crippen LogP contribution in [0.2, 0.25) is 0 Å². The average molecular weight is 367 g/mol. The van der Waals surface area contributed by atoms with Gasteiger partial charge in [-0.2, -0.15) is 0 Å². The second-order valence-corrected chi connectivity index (χ2v) is 5.37. The summed E-state index contributed by atoms with van der Waals surface area (Å²) in [6, 6.07) is 4.04.